The fourth-order valence-corrected chi connectivity index (χ4v) is 2.03. The van der Waals surface area contributed by atoms with Gasteiger partial charge in [0.15, 0.2) is 0 Å². The number of rotatable bonds is 4. The molecule has 0 bridgehead atoms. The second-order valence-electron chi connectivity index (χ2n) is 6.38. The highest BCUT2D eigenvalue weighted by molar-refractivity contribution is 5.95. The van der Waals surface area contributed by atoms with Crippen molar-refractivity contribution < 1.29 is 9.72 Å². The molecule has 1 N–H and O–H groups in total. The van der Waals surface area contributed by atoms with Crippen molar-refractivity contribution in [3.8, 4) is 0 Å². The summed E-state index contributed by atoms with van der Waals surface area (Å²) in [5, 5.41) is 14.5. The average molecular weight is 325 g/mol. The van der Waals surface area contributed by atoms with Crippen molar-refractivity contribution in [1.29, 1.82) is 0 Å². The molecular weight excluding hydrogens is 306 g/mol. The van der Waals surface area contributed by atoms with Gasteiger partial charge in [0, 0.05) is 17.7 Å². The lowest BCUT2D eigenvalue weighted by atomic mass is 9.87. The average Bonchev–Trinajstić information content (AvgIpc) is 2.54. The Hall–Kier alpha value is -3.02. The van der Waals surface area contributed by atoms with Crippen LogP contribution in [0.25, 0.3) is 0 Å². The van der Waals surface area contributed by atoms with Gasteiger partial charge in [-0.1, -0.05) is 45.0 Å². The number of hydrogen-bond donors (Lipinski definition) is 1. The molecule has 0 aliphatic rings. The maximum atomic E-state index is 11.9. The smallest absolute Gasteiger partial charge is 0.267 e. The van der Waals surface area contributed by atoms with Crippen LogP contribution in [0, 0.1) is 10.1 Å². The third-order valence-electron chi connectivity index (χ3n) is 3.50. The first-order chi connectivity index (χ1) is 11.3. The van der Waals surface area contributed by atoms with Crippen molar-refractivity contribution in [3.63, 3.8) is 0 Å². The summed E-state index contributed by atoms with van der Waals surface area (Å²) in [6, 6.07) is 13.3. The Morgan fingerprint density at radius 2 is 1.67 bits per heavy atom. The van der Waals surface area contributed by atoms with E-state index >= 15 is 0 Å². The molecule has 0 aromatic heterocycles. The van der Waals surface area contributed by atoms with Crippen LogP contribution in [0.1, 0.15) is 42.3 Å². The number of nitrogens with zero attached hydrogens (tertiary/aromatic N) is 2. The minimum absolute atomic E-state index is 0.0611. The summed E-state index contributed by atoms with van der Waals surface area (Å²) in [6.45, 7) is 6.42. The van der Waals surface area contributed by atoms with Gasteiger partial charge >= 0.3 is 0 Å². The molecule has 6 heteroatoms. The predicted octanol–water partition coefficient (Wildman–Crippen LogP) is 3.66. The molecule has 2 aromatic rings. The molecular formula is C18H19N3O3. The van der Waals surface area contributed by atoms with Crippen LogP contribution < -0.4 is 5.43 Å². The number of hydrogen-bond acceptors (Lipinski definition) is 4. The zero-order valence-electron chi connectivity index (χ0n) is 13.8. The minimum Gasteiger partial charge on any atom is -0.267 e. The van der Waals surface area contributed by atoms with Crippen molar-refractivity contribution in [2.45, 2.75) is 26.2 Å². The summed E-state index contributed by atoms with van der Waals surface area (Å²) in [7, 11) is 0. The topological polar surface area (TPSA) is 84.6 Å². The number of nitro groups is 1. The fourth-order valence-electron chi connectivity index (χ4n) is 2.03. The third kappa shape index (κ3) is 4.49. The second kappa shape index (κ2) is 7.04. The second-order valence-corrected chi connectivity index (χ2v) is 6.38. The molecule has 6 nitrogen and oxygen atoms in total. The first kappa shape index (κ1) is 17.3. The van der Waals surface area contributed by atoms with Gasteiger partial charge in [-0.3, -0.25) is 14.9 Å². The minimum atomic E-state index is -0.513. The van der Waals surface area contributed by atoms with E-state index in [2.05, 4.69) is 31.3 Å². The van der Waals surface area contributed by atoms with Crippen molar-refractivity contribution in [1.82, 2.24) is 5.43 Å². The normalized spacial score (nSPS) is 11.5. The van der Waals surface area contributed by atoms with Gasteiger partial charge in [-0.05, 0) is 28.7 Å². The van der Waals surface area contributed by atoms with E-state index in [1.165, 1.54) is 29.8 Å². The fraction of sp³-hybridized carbons (Fsp3) is 0.222. The quantitative estimate of drug-likeness (QED) is 0.529. The molecule has 0 aliphatic carbocycles. The molecule has 0 spiro atoms. The molecule has 2 rings (SSSR count). The summed E-state index contributed by atoms with van der Waals surface area (Å²) in [6.07, 6.45) is 1.55. The van der Waals surface area contributed by atoms with Gasteiger partial charge in [-0.2, -0.15) is 5.10 Å². The number of nitro benzene ring substituents is 1. The Morgan fingerprint density at radius 3 is 2.17 bits per heavy atom. The summed E-state index contributed by atoms with van der Waals surface area (Å²) in [5.41, 5.74) is 4.81. The SMILES string of the molecule is CC(C)(C)c1ccc(C=NNC(=O)c2ccc([N+](=O)[O-])cc2)cc1. The van der Waals surface area contributed by atoms with Crippen LogP contribution in [0.2, 0.25) is 0 Å². The highest BCUT2D eigenvalue weighted by Crippen LogP contribution is 2.21. The summed E-state index contributed by atoms with van der Waals surface area (Å²) in [5.74, 6) is -0.424. The Balaban J connectivity index is 1.98. The molecule has 0 heterocycles. The van der Waals surface area contributed by atoms with E-state index in [1.54, 1.807) is 6.21 Å². The molecule has 0 aliphatic heterocycles. The molecule has 0 atom stereocenters. The maximum Gasteiger partial charge on any atom is 0.271 e. The van der Waals surface area contributed by atoms with Gasteiger partial charge in [0.25, 0.3) is 11.6 Å². The molecule has 2 aromatic carbocycles. The van der Waals surface area contributed by atoms with Crippen molar-refractivity contribution in [2.75, 3.05) is 0 Å². The Labute approximate surface area is 140 Å². The van der Waals surface area contributed by atoms with Crippen molar-refractivity contribution >= 4 is 17.8 Å². The van der Waals surface area contributed by atoms with E-state index in [0.717, 1.165) is 5.56 Å². The van der Waals surface area contributed by atoms with E-state index in [9.17, 15) is 14.9 Å². The van der Waals surface area contributed by atoms with Gasteiger partial charge in [-0.15, -0.1) is 0 Å². The molecule has 0 fully saturated rings. The van der Waals surface area contributed by atoms with Crippen LogP contribution in [0.15, 0.2) is 53.6 Å². The molecule has 0 unspecified atom stereocenters. The van der Waals surface area contributed by atoms with E-state index in [-0.39, 0.29) is 11.1 Å². The molecule has 0 saturated heterocycles. The monoisotopic (exact) mass is 325 g/mol. The zero-order chi connectivity index (χ0) is 17.7. The van der Waals surface area contributed by atoms with Gasteiger partial charge in [0.05, 0.1) is 11.1 Å². The third-order valence-corrected chi connectivity index (χ3v) is 3.50. The molecule has 0 saturated carbocycles. The molecule has 24 heavy (non-hydrogen) atoms. The summed E-state index contributed by atoms with van der Waals surface area (Å²) >= 11 is 0. The maximum absolute atomic E-state index is 11.9. The number of non-ortho nitro benzene ring substituents is 1. The number of hydrazone groups is 1. The van der Waals surface area contributed by atoms with E-state index in [1.807, 2.05) is 24.3 Å². The lowest BCUT2D eigenvalue weighted by Gasteiger charge is -2.18. The standard InChI is InChI=1S/C18H19N3O3/c1-18(2,3)15-8-4-13(5-9-15)12-19-20-17(22)14-6-10-16(11-7-14)21(23)24/h4-12H,1-3H3,(H,20,22). The molecule has 124 valence electrons. The number of nitrogens with one attached hydrogen (secondary N) is 1. The van der Waals surface area contributed by atoms with E-state index < -0.39 is 10.8 Å². The first-order valence-corrected chi connectivity index (χ1v) is 7.46. The predicted molar refractivity (Wildman–Crippen MR) is 93.3 cm³/mol. The lowest BCUT2D eigenvalue weighted by molar-refractivity contribution is -0.384. The van der Waals surface area contributed by atoms with E-state index in [0.29, 0.717) is 5.56 Å². The highest BCUT2D eigenvalue weighted by atomic mass is 16.6. The lowest BCUT2D eigenvalue weighted by Crippen LogP contribution is -2.17. The Kier molecular flexibility index (Phi) is 5.08. The van der Waals surface area contributed by atoms with Gasteiger partial charge in [0.2, 0.25) is 0 Å². The Morgan fingerprint density at radius 1 is 1.08 bits per heavy atom. The molecule has 0 radical (unpaired) electrons. The Bertz CT molecular complexity index is 758. The van der Waals surface area contributed by atoms with Crippen molar-refractivity contribution in [2.24, 2.45) is 5.10 Å². The van der Waals surface area contributed by atoms with E-state index in [4.69, 9.17) is 0 Å². The highest BCUT2D eigenvalue weighted by Gasteiger charge is 2.12. The van der Waals surface area contributed by atoms with Crippen LogP contribution in [-0.2, 0) is 5.41 Å². The van der Waals surface area contributed by atoms with Crippen LogP contribution in [0.3, 0.4) is 0 Å². The van der Waals surface area contributed by atoms with Crippen molar-refractivity contribution in [3.05, 3.63) is 75.3 Å². The summed E-state index contributed by atoms with van der Waals surface area (Å²) in [4.78, 5) is 22.0. The van der Waals surface area contributed by atoms with Gasteiger partial charge in [0.1, 0.15) is 0 Å². The number of benzene rings is 2. The van der Waals surface area contributed by atoms with Crippen LogP contribution in [-0.4, -0.2) is 17.0 Å². The van der Waals surface area contributed by atoms with Crippen LogP contribution in [0.4, 0.5) is 5.69 Å². The van der Waals surface area contributed by atoms with Gasteiger partial charge in [-0.25, -0.2) is 5.43 Å². The molecule has 1 amide bonds. The largest absolute Gasteiger partial charge is 0.271 e. The van der Waals surface area contributed by atoms with Crippen LogP contribution >= 0.6 is 0 Å². The number of carbonyl (C=O) groups excluding carboxylic acids is 1. The van der Waals surface area contributed by atoms with Gasteiger partial charge < -0.3 is 0 Å². The summed E-state index contributed by atoms with van der Waals surface area (Å²) < 4.78 is 0. The van der Waals surface area contributed by atoms with Crippen LogP contribution in [0.5, 0.6) is 0 Å². The first-order valence-electron chi connectivity index (χ1n) is 7.46. The zero-order valence-corrected chi connectivity index (χ0v) is 13.8. The number of carbonyl (C=O) groups is 1. The number of amides is 1.